The third-order valence-electron chi connectivity index (χ3n) is 5.71. The molecule has 0 aliphatic carbocycles. The van der Waals surface area contributed by atoms with Crippen molar-refractivity contribution in [2.24, 2.45) is 0 Å². The Kier molecular flexibility index (Phi) is 6.92. The third kappa shape index (κ3) is 5.88. The van der Waals surface area contributed by atoms with E-state index in [1.54, 1.807) is 13.1 Å². The van der Waals surface area contributed by atoms with Gasteiger partial charge in [-0.15, -0.1) is 11.3 Å². The zero-order valence-electron chi connectivity index (χ0n) is 18.2. The monoisotopic (exact) mass is 438 g/mol. The maximum Gasteiger partial charge on any atom is 0.219 e. The summed E-state index contributed by atoms with van der Waals surface area (Å²) in [5, 5.41) is 0. The molecule has 1 amide bonds. The average molecular weight is 439 g/mol. The summed E-state index contributed by atoms with van der Waals surface area (Å²) in [5.74, 6) is 1.05. The number of imidazole rings is 1. The molecule has 0 bridgehead atoms. The number of carbonyl (C=O) groups excluding carboxylic acids is 1. The summed E-state index contributed by atoms with van der Waals surface area (Å²) < 4.78 is 8.47. The lowest BCUT2D eigenvalue weighted by atomic mass is 10.1. The number of aromatic nitrogens is 2. The van der Waals surface area contributed by atoms with Gasteiger partial charge >= 0.3 is 0 Å². The Balaban J connectivity index is 1.37. The molecule has 1 unspecified atom stereocenters. The predicted molar refractivity (Wildman–Crippen MR) is 125 cm³/mol. The molecule has 3 aromatic rings. The number of anilines is 1. The number of ether oxygens (including phenoxy) is 1. The molecule has 31 heavy (non-hydrogen) atoms. The highest BCUT2D eigenvalue weighted by Gasteiger charge is 2.19. The van der Waals surface area contributed by atoms with Gasteiger partial charge in [0.05, 0.1) is 12.9 Å². The zero-order valence-corrected chi connectivity index (χ0v) is 19.1. The van der Waals surface area contributed by atoms with Gasteiger partial charge in [-0.1, -0.05) is 0 Å². The molecule has 0 radical (unpaired) electrons. The highest BCUT2D eigenvalue weighted by molar-refractivity contribution is 7.11. The number of rotatable bonds is 8. The van der Waals surface area contributed by atoms with E-state index >= 15 is 0 Å². The molecule has 0 saturated carbocycles. The van der Waals surface area contributed by atoms with Crippen LogP contribution in [0.2, 0.25) is 0 Å². The first-order valence-corrected chi connectivity index (χ1v) is 11.7. The standard InChI is InChI=1S/C24H30N4O2S/c1-19-3-9-24(31-19)10-8-23(17-26-12-11-25-18-26)30-22-6-4-21(5-7-22)28-15-13-27(14-16-28)20(2)29/h3-7,9,11-12,18,23H,8,10,13-17H2,1-2H3. The molecular formula is C24H30N4O2S. The molecule has 1 aliphatic heterocycles. The summed E-state index contributed by atoms with van der Waals surface area (Å²) in [7, 11) is 0. The van der Waals surface area contributed by atoms with Crippen molar-refractivity contribution in [3.05, 3.63) is 64.9 Å². The minimum atomic E-state index is 0.0709. The number of hydrogen-bond donors (Lipinski definition) is 0. The Morgan fingerprint density at radius 3 is 2.52 bits per heavy atom. The van der Waals surface area contributed by atoms with E-state index < -0.39 is 0 Å². The Labute approximate surface area is 188 Å². The van der Waals surface area contributed by atoms with Crippen LogP contribution in [0.4, 0.5) is 5.69 Å². The Hall–Kier alpha value is -2.80. The first-order valence-electron chi connectivity index (χ1n) is 10.8. The highest BCUT2D eigenvalue weighted by Crippen LogP contribution is 2.24. The van der Waals surface area contributed by atoms with Crippen LogP contribution in [0, 0.1) is 6.92 Å². The lowest BCUT2D eigenvalue weighted by Crippen LogP contribution is -2.48. The molecule has 1 aliphatic rings. The SMILES string of the molecule is CC(=O)N1CCN(c2ccc(OC(CCc3ccc(C)s3)Cn3ccnc3)cc2)CC1. The van der Waals surface area contributed by atoms with Crippen LogP contribution < -0.4 is 9.64 Å². The number of amides is 1. The zero-order chi connectivity index (χ0) is 21.6. The normalized spacial score (nSPS) is 15.2. The molecule has 1 fully saturated rings. The molecule has 4 rings (SSSR count). The van der Waals surface area contributed by atoms with Gasteiger partial charge < -0.3 is 19.1 Å². The van der Waals surface area contributed by atoms with Gasteiger partial charge in [-0.25, -0.2) is 4.98 Å². The second-order valence-corrected chi connectivity index (χ2v) is 9.41. The molecule has 1 atom stereocenters. The van der Waals surface area contributed by atoms with Crippen molar-refractivity contribution in [1.29, 1.82) is 0 Å². The van der Waals surface area contributed by atoms with Crippen LogP contribution in [-0.4, -0.2) is 52.6 Å². The van der Waals surface area contributed by atoms with Gasteiger partial charge in [-0.05, 0) is 56.2 Å². The lowest BCUT2D eigenvalue weighted by molar-refractivity contribution is -0.129. The van der Waals surface area contributed by atoms with E-state index in [0.717, 1.165) is 51.3 Å². The largest absolute Gasteiger partial charge is 0.489 e. The maximum absolute atomic E-state index is 11.5. The van der Waals surface area contributed by atoms with Crippen molar-refractivity contribution in [3.63, 3.8) is 0 Å². The Morgan fingerprint density at radius 1 is 1.13 bits per heavy atom. The van der Waals surface area contributed by atoms with Gasteiger partial charge in [0.25, 0.3) is 0 Å². The van der Waals surface area contributed by atoms with E-state index in [-0.39, 0.29) is 12.0 Å². The van der Waals surface area contributed by atoms with Gasteiger partial charge in [0.2, 0.25) is 5.91 Å². The van der Waals surface area contributed by atoms with Crippen molar-refractivity contribution in [1.82, 2.24) is 14.5 Å². The summed E-state index contributed by atoms with van der Waals surface area (Å²) >= 11 is 1.86. The lowest BCUT2D eigenvalue weighted by Gasteiger charge is -2.35. The van der Waals surface area contributed by atoms with E-state index in [0.29, 0.717) is 0 Å². The molecule has 164 valence electrons. The van der Waals surface area contributed by atoms with E-state index in [9.17, 15) is 4.79 Å². The maximum atomic E-state index is 11.5. The molecule has 0 spiro atoms. The van der Waals surface area contributed by atoms with Gasteiger partial charge in [-0.3, -0.25) is 4.79 Å². The number of aryl methyl sites for hydroxylation is 2. The number of thiophene rings is 1. The third-order valence-corrected chi connectivity index (χ3v) is 6.77. The predicted octanol–water partition coefficient (Wildman–Crippen LogP) is 4.00. The van der Waals surface area contributed by atoms with Gasteiger partial charge in [0.1, 0.15) is 11.9 Å². The average Bonchev–Trinajstić information content (AvgIpc) is 3.44. The van der Waals surface area contributed by atoms with Crippen molar-refractivity contribution in [3.8, 4) is 5.75 Å². The van der Waals surface area contributed by atoms with E-state index in [1.807, 2.05) is 28.8 Å². The van der Waals surface area contributed by atoms with Crippen LogP contribution in [0.5, 0.6) is 5.75 Å². The number of benzene rings is 1. The Morgan fingerprint density at radius 2 is 1.90 bits per heavy atom. The van der Waals surface area contributed by atoms with Gasteiger partial charge in [0, 0.05) is 60.9 Å². The molecule has 1 saturated heterocycles. The van der Waals surface area contributed by atoms with Crippen LogP contribution in [0.3, 0.4) is 0 Å². The summed E-state index contributed by atoms with van der Waals surface area (Å²) in [4.78, 5) is 22.7. The second-order valence-electron chi connectivity index (χ2n) is 8.04. The molecular weight excluding hydrogens is 408 g/mol. The number of piperazine rings is 1. The number of carbonyl (C=O) groups is 1. The number of nitrogens with zero attached hydrogens (tertiary/aromatic N) is 4. The fourth-order valence-corrected chi connectivity index (χ4v) is 4.85. The summed E-state index contributed by atoms with van der Waals surface area (Å²) in [6, 6.07) is 12.8. The molecule has 1 aromatic carbocycles. The summed E-state index contributed by atoms with van der Waals surface area (Å²) in [6.45, 7) is 7.86. The molecule has 0 N–H and O–H groups in total. The summed E-state index contributed by atoms with van der Waals surface area (Å²) in [5.41, 5.74) is 1.18. The van der Waals surface area contributed by atoms with Crippen LogP contribution >= 0.6 is 11.3 Å². The smallest absolute Gasteiger partial charge is 0.219 e. The van der Waals surface area contributed by atoms with Gasteiger partial charge in [0.15, 0.2) is 0 Å². The van der Waals surface area contributed by atoms with Gasteiger partial charge in [-0.2, -0.15) is 0 Å². The minimum absolute atomic E-state index is 0.0709. The van der Waals surface area contributed by atoms with Crippen molar-refractivity contribution in [2.75, 3.05) is 31.1 Å². The number of hydrogen-bond acceptors (Lipinski definition) is 5. The second kappa shape index (κ2) is 10.0. The molecule has 7 heteroatoms. The van der Waals surface area contributed by atoms with E-state index in [4.69, 9.17) is 4.74 Å². The van der Waals surface area contributed by atoms with Crippen LogP contribution in [0.15, 0.2) is 55.1 Å². The van der Waals surface area contributed by atoms with Crippen molar-refractivity contribution in [2.45, 2.75) is 39.3 Å². The first kappa shape index (κ1) is 21.4. The molecule has 3 heterocycles. The van der Waals surface area contributed by atoms with Crippen LogP contribution in [-0.2, 0) is 17.8 Å². The molecule has 6 nitrogen and oxygen atoms in total. The molecule has 2 aromatic heterocycles. The highest BCUT2D eigenvalue weighted by atomic mass is 32.1. The fourth-order valence-electron chi connectivity index (χ4n) is 3.95. The first-order chi connectivity index (χ1) is 15.1. The van der Waals surface area contributed by atoms with Crippen LogP contribution in [0.25, 0.3) is 0 Å². The van der Waals surface area contributed by atoms with Crippen molar-refractivity contribution < 1.29 is 9.53 Å². The van der Waals surface area contributed by atoms with E-state index in [2.05, 4.69) is 57.8 Å². The minimum Gasteiger partial charge on any atom is -0.489 e. The Bertz CT molecular complexity index is 960. The van der Waals surface area contributed by atoms with E-state index in [1.165, 1.54) is 15.4 Å². The van der Waals surface area contributed by atoms with Crippen LogP contribution in [0.1, 0.15) is 23.1 Å². The summed E-state index contributed by atoms with van der Waals surface area (Å²) in [6.07, 6.45) is 7.66. The topological polar surface area (TPSA) is 50.6 Å². The van der Waals surface area contributed by atoms with Crippen molar-refractivity contribution >= 4 is 22.9 Å². The fraction of sp³-hybridized carbons (Fsp3) is 0.417. The quantitative estimate of drug-likeness (QED) is 0.533.